The molecular formula is C17H26BrN3O3. The fourth-order valence-electron chi connectivity index (χ4n) is 2.52. The van der Waals surface area contributed by atoms with Crippen molar-refractivity contribution in [2.75, 3.05) is 26.2 Å². The molecule has 0 aliphatic carbocycles. The second kappa shape index (κ2) is 8.67. The number of halogens is 1. The smallest absolute Gasteiger partial charge is 0.410 e. The first kappa shape index (κ1) is 19.0. The lowest BCUT2D eigenvalue weighted by Crippen LogP contribution is -2.54. The molecule has 0 spiro atoms. The zero-order valence-corrected chi connectivity index (χ0v) is 16.1. The number of nitrogens with one attached hydrogen (secondary N) is 1. The van der Waals surface area contributed by atoms with E-state index in [0.29, 0.717) is 19.0 Å². The SMILES string of the molecule is CC(C)(C)OC(=O)N1CCNCC1CCCOc1ccc(Br)cn1. The van der Waals surface area contributed by atoms with Gasteiger partial charge < -0.3 is 19.7 Å². The van der Waals surface area contributed by atoms with Crippen LogP contribution in [-0.4, -0.2) is 53.9 Å². The Kier molecular flexibility index (Phi) is 6.86. The second-order valence-electron chi connectivity index (χ2n) is 6.84. The molecule has 1 aliphatic rings. The molecule has 0 saturated carbocycles. The van der Waals surface area contributed by atoms with Crippen molar-refractivity contribution < 1.29 is 14.3 Å². The third kappa shape index (κ3) is 6.28. The highest BCUT2D eigenvalue weighted by atomic mass is 79.9. The van der Waals surface area contributed by atoms with Gasteiger partial charge in [0.2, 0.25) is 5.88 Å². The van der Waals surface area contributed by atoms with Gasteiger partial charge in [-0.15, -0.1) is 0 Å². The zero-order chi connectivity index (χ0) is 17.6. The Morgan fingerprint density at radius 2 is 2.25 bits per heavy atom. The van der Waals surface area contributed by atoms with Crippen molar-refractivity contribution in [3.63, 3.8) is 0 Å². The van der Waals surface area contributed by atoms with Crippen molar-refractivity contribution >= 4 is 22.0 Å². The lowest BCUT2D eigenvalue weighted by molar-refractivity contribution is 0.0106. The summed E-state index contributed by atoms with van der Waals surface area (Å²) in [5.41, 5.74) is -0.469. The van der Waals surface area contributed by atoms with Crippen molar-refractivity contribution in [1.82, 2.24) is 15.2 Å². The first-order valence-corrected chi connectivity index (χ1v) is 9.09. The average Bonchev–Trinajstić information content (AvgIpc) is 2.52. The largest absolute Gasteiger partial charge is 0.478 e. The van der Waals surface area contributed by atoms with Crippen molar-refractivity contribution in [1.29, 1.82) is 0 Å². The molecule has 134 valence electrons. The van der Waals surface area contributed by atoms with Crippen LogP contribution in [0.2, 0.25) is 0 Å². The zero-order valence-electron chi connectivity index (χ0n) is 14.5. The normalized spacial score (nSPS) is 18.3. The van der Waals surface area contributed by atoms with Crippen molar-refractivity contribution in [3.05, 3.63) is 22.8 Å². The Morgan fingerprint density at radius 3 is 2.92 bits per heavy atom. The molecule has 1 N–H and O–H groups in total. The number of nitrogens with zero attached hydrogens (tertiary/aromatic N) is 2. The van der Waals surface area contributed by atoms with Crippen molar-refractivity contribution in [2.24, 2.45) is 0 Å². The van der Waals surface area contributed by atoms with Crippen LogP contribution in [0.25, 0.3) is 0 Å². The maximum atomic E-state index is 12.3. The molecule has 1 aromatic rings. The minimum atomic E-state index is -0.469. The predicted octanol–water partition coefficient (Wildman–Crippen LogP) is 3.21. The van der Waals surface area contributed by atoms with E-state index in [9.17, 15) is 4.79 Å². The van der Waals surface area contributed by atoms with Crippen LogP contribution in [-0.2, 0) is 4.74 Å². The van der Waals surface area contributed by atoms with Gasteiger partial charge in [0, 0.05) is 42.4 Å². The molecule has 1 fully saturated rings. The number of amides is 1. The molecule has 1 aromatic heterocycles. The molecule has 6 nitrogen and oxygen atoms in total. The van der Waals surface area contributed by atoms with Gasteiger partial charge in [-0.1, -0.05) is 0 Å². The van der Waals surface area contributed by atoms with Crippen LogP contribution in [0.4, 0.5) is 4.79 Å². The van der Waals surface area contributed by atoms with Crippen LogP contribution in [0.1, 0.15) is 33.6 Å². The lowest BCUT2D eigenvalue weighted by atomic mass is 10.1. The topological polar surface area (TPSA) is 63.7 Å². The Labute approximate surface area is 152 Å². The third-order valence-electron chi connectivity index (χ3n) is 3.61. The summed E-state index contributed by atoms with van der Waals surface area (Å²) in [4.78, 5) is 18.4. The van der Waals surface area contributed by atoms with E-state index in [0.717, 1.165) is 30.4 Å². The number of piperazine rings is 1. The monoisotopic (exact) mass is 399 g/mol. The van der Waals surface area contributed by atoms with Crippen molar-refractivity contribution in [2.45, 2.75) is 45.3 Å². The minimum Gasteiger partial charge on any atom is -0.478 e. The molecule has 2 rings (SSSR count). The van der Waals surface area contributed by atoms with Gasteiger partial charge in [-0.05, 0) is 55.6 Å². The maximum Gasteiger partial charge on any atom is 0.410 e. The van der Waals surface area contributed by atoms with Gasteiger partial charge in [-0.25, -0.2) is 9.78 Å². The molecule has 1 aliphatic heterocycles. The van der Waals surface area contributed by atoms with Crippen LogP contribution >= 0.6 is 15.9 Å². The highest BCUT2D eigenvalue weighted by Gasteiger charge is 2.29. The van der Waals surface area contributed by atoms with E-state index in [1.165, 1.54) is 0 Å². The summed E-state index contributed by atoms with van der Waals surface area (Å²) in [7, 11) is 0. The van der Waals surface area contributed by atoms with E-state index in [2.05, 4.69) is 26.2 Å². The summed E-state index contributed by atoms with van der Waals surface area (Å²) in [5.74, 6) is 0.615. The fraction of sp³-hybridized carbons (Fsp3) is 0.647. The summed E-state index contributed by atoms with van der Waals surface area (Å²) in [6.45, 7) is 8.51. The molecule has 1 atom stereocenters. The minimum absolute atomic E-state index is 0.134. The molecule has 0 radical (unpaired) electrons. The summed E-state index contributed by atoms with van der Waals surface area (Å²) in [6.07, 6.45) is 3.20. The molecule has 1 amide bonds. The van der Waals surface area contributed by atoms with E-state index < -0.39 is 5.60 Å². The molecule has 0 bridgehead atoms. The Balaban J connectivity index is 1.78. The van der Waals surface area contributed by atoms with Crippen LogP contribution in [0.5, 0.6) is 5.88 Å². The van der Waals surface area contributed by atoms with Crippen molar-refractivity contribution in [3.8, 4) is 5.88 Å². The number of carbonyl (C=O) groups is 1. The lowest BCUT2D eigenvalue weighted by Gasteiger charge is -2.37. The van der Waals surface area contributed by atoms with Crippen LogP contribution in [0.3, 0.4) is 0 Å². The summed E-state index contributed by atoms with van der Waals surface area (Å²) in [5, 5.41) is 3.34. The fourth-order valence-corrected chi connectivity index (χ4v) is 2.76. The Hall–Kier alpha value is -1.34. The number of aromatic nitrogens is 1. The number of hydrogen-bond acceptors (Lipinski definition) is 5. The maximum absolute atomic E-state index is 12.3. The third-order valence-corrected chi connectivity index (χ3v) is 4.08. The highest BCUT2D eigenvalue weighted by Crippen LogP contribution is 2.17. The summed E-state index contributed by atoms with van der Waals surface area (Å²) < 4.78 is 12.1. The number of ether oxygens (including phenoxy) is 2. The van der Waals surface area contributed by atoms with Crippen LogP contribution in [0.15, 0.2) is 22.8 Å². The van der Waals surface area contributed by atoms with Gasteiger partial charge in [-0.3, -0.25) is 0 Å². The van der Waals surface area contributed by atoms with Gasteiger partial charge in [0.1, 0.15) is 5.60 Å². The van der Waals surface area contributed by atoms with E-state index in [1.54, 1.807) is 6.20 Å². The number of pyridine rings is 1. The Bertz CT molecular complexity index is 531. The van der Waals surface area contributed by atoms with Gasteiger partial charge in [-0.2, -0.15) is 0 Å². The molecule has 24 heavy (non-hydrogen) atoms. The Morgan fingerprint density at radius 1 is 1.46 bits per heavy atom. The molecule has 1 saturated heterocycles. The van der Waals surface area contributed by atoms with Gasteiger partial charge >= 0.3 is 6.09 Å². The van der Waals surface area contributed by atoms with Crippen LogP contribution in [0, 0.1) is 0 Å². The predicted molar refractivity (Wildman–Crippen MR) is 96.3 cm³/mol. The van der Waals surface area contributed by atoms with Gasteiger partial charge in [0.15, 0.2) is 0 Å². The first-order chi connectivity index (χ1) is 11.3. The molecular weight excluding hydrogens is 374 g/mol. The van der Waals surface area contributed by atoms with Crippen LogP contribution < -0.4 is 10.1 Å². The number of rotatable bonds is 5. The van der Waals surface area contributed by atoms with E-state index in [1.807, 2.05) is 37.8 Å². The van der Waals surface area contributed by atoms with E-state index >= 15 is 0 Å². The molecule has 2 heterocycles. The average molecular weight is 400 g/mol. The number of hydrogen-bond donors (Lipinski definition) is 1. The van der Waals surface area contributed by atoms with E-state index in [4.69, 9.17) is 9.47 Å². The molecule has 1 unspecified atom stereocenters. The second-order valence-corrected chi connectivity index (χ2v) is 7.75. The van der Waals surface area contributed by atoms with Gasteiger partial charge in [0.25, 0.3) is 0 Å². The summed E-state index contributed by atoms with van der Waals surface area (Å²) in [6, 6.07) is 3.87. The summed E-state index contributed by atoms with van der Waals surface area (Å²) >= 11 is 3.35. The highest BCUT2D eigenvalue weighted by molar-refractivity contribution is 9.10. The first-order valence-electron chi connectivity index (χ1n) is 8.30. The van der Waals surface area contributed by atoms with Gasteiger partial charge in [0.05, 0.1) is 6.61 Å². The standard InChI is InChI=1S/C17H26BrN3O3/c1-17(2,3)24-16(22)21-9-8-19-12-14(21)5-4-10-23-15-7-6-13(18)11-20-15/h6-7,11,14,19H,4-5,8-10,12H2,1-3H3. The quantitative estimate of drug-likeness (QED) is 0.770. The number of carbonyl (C=O) groups excluding carboxylic acids is 1. The molecule has 0 aromatic carbocycles. The van der Waals surface area contributed by atoms with E-state index in [-0.39, 0.29) is 12.1 Å². The molecule has 7 heteroatoms.